The average molecular weight is 449 g/mol. The van der Waals surface area contributed by atoms with E-state index in [4.69, 9.17) is 16.3 Å². The summed E-state index contributed by atoms with van der Waals surface area (Å²) in [6.07, 6.45) is 2.52. The molecule has 30 heavy (non-hydrogen) atoms. The molecule has 0 spiro atoms. The Morgan fingerprint density at radius 2 is 2.03 bits per heavy atom. The van der Waals surface area contributed by atoms with Gasteiger partial charge >= 0.3 is 6.55 Å². The highest BCUT2D eigenvalue weighted by Gasteiger charge is 2.18. The number of hydrogen-bond donors (Lipinski definition) is 0. The van der Waals surface area contributed by atoms with Crippen LogP contribution >= 0.6 is 23.4 Å². The Balaban J connectivity index is 1.88. The van der Waals surface area contributed by atoms with E-state index in [1.807, 2.05) is 0 Å². The zero-order chi connectivity index (χ0) is 21.3. The molecule has 0 aliphatic carbocycles. The zero-order valence-corrected chi connectivity index (χ0v) is 17.2. The van der Waals surface area contributed by atoms with Crippen molar-refractivity contribution in [2.75, 3.05) is 7.11 Å². The Morgan fingerprint density at radius 3 is 2.80 bits per heavy atom. The molecule has 4 rings (SSSR count). The number of fused-ring (bicyclic) bond motifs is 1. The molecule has 0 bridgehead atoms. The summed E-state index contributed by atoms with van der Waals surface area (Å²) in [5.41, 5.74) is 0.591. The largest absolute Gasteiger partial charge is 0.495 e. The molecule has 0 atom stereocenters. The van der Waals surface area contributed by atoms with Gasteiger partial charge in [0, 0.05) is 17.4 Å². The SMILES string of the molecule is COc1ccccc1-n1c(SCc2nccn2C(F)F)nc2cc(Cl)ccc2c1=O. The van der Waals surface area contributed by atoms with Crippen LogP contribution in [0.25, 0.3) is 16.6 Å². The van der Waals surface area contributed by atoms with E-state index < -0.39 is 6.55 Å². The lowest BCUT2D eigenvalue weighted by Gasteiger charge is -2.16. The molecule has 4 aromatic rings. The summed E-state index contributed by atoms with van der Waals surface area (Å²) in [7, 11) is 1.50. The third-order valence-electron chi connectivity index (χ3n) is 4.42. The van der Waals surface area contributed by atoms with Gasteiger partial charge in [0.2, 0.25) is 0 Å². The molecule has 0 aliphatic rings. The Morgan fingerprint density at radius 1 is 1.23 bits per heavy atom. The van der Waals surface area contributed by atoms with Crippen LogP contribution in [-0.4, -0.2) is 26.2 Å². The molecule has 0 amide bonds. The first-order chi connectivity index (χ1) is 14.5. The highest BCUT2D eigenvalue weighted by Crippen LogP contribution is 2.29. The Labute approximate surface area is 179 Å². The number of benzene rings is 2. The minimum absolute atomic E-state index is 0.0883. The van der Waals surface area contributed by atoms with E-state index in [1.165, 1.54) is 24.1 Å². The topological polar surface area (TPSA) is 61.9 Å². The third-order valence-corrected chi connectivity index (χ3v) is 5.59. The molecule has 0 saturated heterocycles. The Hall–Kier alpha value is -2.91. The van der Waals surface area contributed by atoms with Crippen LogP contribution in [0.5, 0.6) is 5.75 Å². The van der Waals surface area contributed by atoms with Crippen molar-refractivity contribution in [3.63, 3.8) is 0 Å². The van der Waals surface area contributed by atoms with Crippen LogP contribution < -0.4 is 10.3 Å². The molecular formula is C20H15ClF2N4O2S. The van der Waals surface area contributed by atoms with Crippen LogP contribution in [0.1, 0.15) is 12.4 Å². The fourth-order valence-electron chi connectivity index (χ4n) is 3.02. The molecule has 0 radical (unpaired) electrons. The van der Waals surface area contributed by atoms with Gasteiger partial charge in [-0.3, -0.25) is 13.9 Å². The predicted molar refractivity (Wildman–Crippen MR) is 112 cm³/mol. The van der Waals surface area contributed by atoms with Gasteiger partial charge in [-0.25, -0.2) is 9.97 Å². The van der Waals surface area contributed by atoms with Gasteiger partial charge in [0.1, 0.15) is 11.6 Å². The van der Waals surface area contributed by atoms with Crippen LogP contribution in [0, 0.1) is 0 Å². The van der Waals surface area contributed by atoms with E-state index in [2.05, 4.69) is 9.97 Å². The number of alkyl halides is 2. The van der Waals surface area contributed by atoms with Crippen molar-refractivity contribution < 1.29 is 13.5 Å². The van der Waals surface area contributed by atoms with Crippen molar-refractivity contribution >= 4 is 34.3 Å². The van der Waals surface area contributed by atoms with E-state index in [-0.39, 0.29) is 17.1 Å². The molecule has 154 valence electrons. The highest BCUT2D eigenvalue weighted by atomic mass is 35.5. The molecule has 2 aromatic heterocycles. The van der Waals surface area contributed by atoms with Crippen LogP contribution in [0.15, 0.2) is 64.8 Å². The van der Waals surface area contributed by atoms with Gasteiger partial charge in [0.25, 0.3) is 5.56 Å². The number of para-hydroxylation sites is 2. The van der Waals surface area contributed by atoms with E-state index in [0.717, 1.165) is 16.3 Å². The maximum atomic E-state index is 13.3. The number of nitrogens with zero attached hydrogens (tertiary/aromatic N) is 4. The van der Waals surface area contributed by atoms with Crippen molar-refractivity contribution in [1.29, 1.82) is 0 Å². The number of thioether (sulfide) groups is 1. The Bertz CT molecular complexity index is 1280. The smallest absolute Gasteiger partial charge is 0.319 e. The van der Waals surface area contributed by atoms with Crippen LogP contribution in [0.3, 0.4) is 0 Å². The highest BCUT2D eigenvalue weighted by molar-refractivity contribution is 7.98. The first kappa shape index (κ1) is 20.4. The quantitative estimate of drug-likeness (QED) is 0.309. The second-order valence-corrected chi connectivity index (χ2v) is 7.56. The number of hydrogen-bond acceptors (Lipinski definition) is 5. The van der Waals surface area contributed by atoms with Crippen LogP contribution in [-0.2, 0) is 5.75 Å². The average Bonchev–Trinajstić information content (AvgIpc) is 3.21. The summed E-state index contributed by atoms with van der Waals surface area (Å²) in [6.45, 7) is -2.71. The minimum Gasteiger partial charge on any atom is -0.495 e. The second-order valence-electron chi connectivity index (χ2n) is 6.19. The molecule has 0 fully saturated rings. The maximum Gasteiger partial charge on any atom is 0.319 e. The van der Waals surface area contributed by atoms with Crippen LogP contribution in [0.4, 0.5) is 8.78 Å². The van der Waals surface area contributed by atoms with Gasteiger partial charge in [-0.05, 0) is 30.3 Å². The van der Waals surface area contributed by atoms with Crippen molar-refractivity contribution in [2.24, 2.45) is 0 Å². The maximum absolute atomic E-state index is 13.3. The molecule has 0 saturated carbocycles. The number of methoxy groups -OCH3 is 1. The standard InChI is InChI=1S/C20H15ClF2N4O2S/c1-29-16-5-3-2-4-15(16)27-18(28)13-7-6-12(21)10-14(13)25-20(27)30-11-17-24-8-9-26(17)19(22)23/h2-10,19H,11H2,1H3. The number of imidazole rings is 1. The molecule has 2 aromatic carbocycles. The van der Waals surface area contributed by atoms with Crippen molar-refractivity contribution in [1.82, 2.24) is 19.1 Å². The van der Waals surface area contributed by atoms with Gasteiger partial charge in [-0.2, -0.15) is 8.78 Å². The summed E-state index contributed by atoms with van der Waals surface area (Å²) >= 11 is 7.19. The lowest BCUT2D eigenvalue weighted by molar-refractivity contribution is 0.0678. The van der Waals surface area contributed by atoms with Crippen molar-refractivity contribution in [2.45, 2.75) is 17.5 Å². The van der Waals surface area contributed by atoms with E-state index in [1.54, 1.807) is 42.5 Å². The molecule has 0 unspecified atom stereocenters. The lowest BCUT2D eigenvalue weighted by Crippen LogP contribution is -2.22. The fourth-order valence-corrected chi connectivity index (χ4v) is 4.15. The second kappa shape index (κ2) is 8.45. The summed E-state index contributed by atoms with van der Waals surface area (Å²) < 4.78 is 33.9. The number of rotatable bonds is 6. The van der Waals surface area contributed by atoms with Gasteiger partial charge < -0.3 is 4.74 Å². The number of halogens is 3. The van der Waals surface area contributed by atoms with Gasteiger partial charge in [0.15, 0.2) is 5.16 Å². The normalized spacial score (nSPS) is 11.4. The van der Waals surface area contributed by atoms with Gasteiger partial charge in [-0.15, -0.1) is 0 Å². The third kappa shape index (κ3) is 3.78. The summed E-state index contributed by atoms with van der Waals surface area (Å²) in [5.74, 6) is 0.734. The first-order valence-corrected chi connectivity index (χ1v) is 10.1. The zero-order valence-electron chi connectivity index (χ0n) is 15.6. The number of aromatic nitrogens is 4. The first-order valence-electron chi connectivity index (χ1n) is 8.78. The van der Waals surface area contributed by atoms with Crippen molar-refractivity contribution in [3.05, 3.63) is 76.1 Å². The van der Waals surface area contributed by atoms with Crippen molar-refractivity contribution in [3.8, 4) is 11.4 Å². The predicted octanol–water partition coefficient (Wildman–Crippen LogP) is 4.93. The van der Waals surface area contributed by atoms with Gasteiger partial charge in [-0.1, -0.05) is 35.5 Å². The summed E-state index contributed by atoms with van der Waals surface area (Å²) in [5, 5.41) is 1.13. The van der Waals surface area contributed by atoms with E-state index >= 15 is 0 Å². The Kier molecular flexibility index (Phi) is 5.74. The minimum atomic E-state index is -2.71. The molecule has 10 heteroatoms. The van der Waals surface area contributed by atoms with Gasteiger partial charge in [0.05, 0.1) is 29.5 Å². The molecular weight excluding hydrogens is 434 g/mol. The molecule has 2 heterocycles. The lowest BCUT2D eigenvalue weighted by atomic mass is 10.2. The van der Waals surface area contributed by atoms with E-state index in [0.29, 0.717) is 32.5 Å². The molecule has 0 aliphatic heterocycles. The number of ether oxygens (including phenoxy) is 1. The van der Waals surface area contributed by atoms with E-state index in [9.17, 15) is 13.6 Å². The summed E-state index contributed by atoms with van der Waals surface area (Å²) in [4.78, 5) is 21.9. The van der Waals surface area contributed by atoms with Crippen LogP contribution in [0.2, 0.25) is 5.02 Å². The fraction of sp³-hybridized carbons (Fsp3) is 0.150. The monoisotopic (exact) mass is 448 g/mol. The molecule has 6 nitrogen and oxygen atoms in total. The summed E-state index contributed by atoms with van der Waals surface area (Å²) in [6, 6.07) is 11.8. The molecule has 0 N–H and O–H groups in total.